The van der Waals surface area contributed by atoms with Gasteiger partial charge >= 0.3 is 0 Å². The summed E-state index contributed by atoms with van der Waals surface area (Å²) in [5.41, 5.74) is 2.19. The van der Waals surface area contributed by atoms with E-state index in [1.165, 1.54) is 0 Å². The van der Waals surface area contributed by atoms with Crippen molar-refractivity contribution >= 4 is 11.8 Å². The highest BCUT2D eigenvalue weighted by atomic mass is 16.5. The fraction of sp³-hybridized carbons (Fsp3) is 0.579. The molecule has 1 heterocycles. The number of amides is 2. The maximum Gasteiger partial charge on any atom is 0.225 e. The van der Waals surface area contributed by atoms with Crippen molar-refractivity contribution in [1.82, 2.24) is 10.2 Å². The van der Waals surface area contributed by atoms with Crippen LogP contribution in [0.25, 0.3) is 0 Å². The molecule has 1 aromatic carbocycles. The van der Waals surface area contributed by atoms with Crippen LogP contribution in [-0.4, -0.2) is 36.9 Å². The van der Waals surface area contributed by atoms with Gasteiger partial charge in [-0.25, -0.2) is 0 Å². The molecule has 0 unspecified atom stereocenters. The maximum absolute atomic E-state index is 12.4. The molecule has 0 spiro atoms. The number of nitrogens with one attached hydrogen (secondary N) is 1. The number of likely N-dealkylation sites (tertiary alicyclic amines) is 1. The van der Waals surface area contributed by atoms with E-state index in [2.05, 4.69) is 5.32 Å². The molecule has 2 aliphatic rings. The van der Waals surface area contributed by atoms with E-state index in [9.17, 15) is 9.59 Å². The summed E-state index contributed by atoms with van der Waals surface area (Å²) in [4.78, 5) is 26.4. The Labute approximate surface area is 143 Å². The number of piperidine rings is 1. The number of rotatable bonds is 6. The third-order valence-electron chi connectivity index (χ3n) is 4.98. The number of benzene rings is 1. The van der Waals surface area contributed by atoms with Crippen molar-refractivity contribution in [3.8, 4) is 0 Å². The summed E-state index contributed by atoms with van der Waals surface area (Å²) in [6.45, 7) is 2.51. The van der Waals surface area contributed by atoms with E-state index >= 15 is 0 Å². The lowest BCUT2D eigenvalue weighted by atomic mass is 9.95. The maximum atomic E-state index is 12.4. The van der Waals surface area contributed by atoms with Crippen molar-refractivity contribution in [2.45, 2.75) is 38.8 Å². The average Bonchev–Trinajstić information content (AvgIpc) is 3.45. The van der Waals surface area contributed by atoms with E-state index in [4.69, 9.17) is 4.74 Å². The predicted octanol–water partition coefficient (Wildman–Crippen LogP) is 2.10. The highest BCUT2D eigenvalue weighted by molar-refractivity contribution is 5.82. The lowest BCUT2D eigenvalue weighted by Crippen LogP contribution is -2.43. The summed E-state index contributed by atoms with van der Waals surface area (Å²) < 4.78 is 5.20. The van der Waals surface area contributed by atoms with Gasteiger partial charge in [0.25, 0.3) is 0 Å². The van der Waals surface area contributed by atoms with E-state index in [1.54, 1.807) is 7.11 Å². The van der Waals surface area contributed by atoms with Crippen LogP contribution < -0.4 is 5.32 Å². The molecule has 0 aromatic heterocycles. The van der Waals surface area contributed by atoms with Crippen molar-refractivity contribution in [2.24, 2.45) is 11.8 Å². The smallest absolute Gasteiger partial charge is 0.225 e. The normalized spacial score (nSPS) is 18.5. The van der Waals surface area contributed by atoms with Gasteiger partial charge in [0.2, 0.25) is 11.8 Å². The average molecular weight is 330 g/mol. The molecule has 130 valence electrons. The van der Waals surface area contributed by atoms with Gasteiger partial charge in [-0.3, -0.25) is 9.59 Å². The topological polar surface area (TPSA) is 58.6 Å². The first-order valence-electron chi connectivity index (χ1n) is 8.81. The Hall–Kier alpha value is -1.88. The second-order valence-corrected chi connectivity index (χ2v) is 6.79. The molecule has 0 radical (unpaired) electrons. The summed E-state index contributed by atoms with van der Waals surface area (Å²) in [7, 11) is 1.67. The molecule has 1 saturated heterocycles. The first-order valence-corrected chi connectivity index (χ1v) is 8.81. The lowest BCUT2D eigenvalue weighted by molar-refractivity contribution is -0.136. The van der Waals surface area contributed by atoms with Crippen LogP contribution in [0.1, 0.15) is 36.8 Å². The molecule has 0 atom stereocenters. The fourth-order valence-corrected chi connectivity index (χ4v) is 3.30. The van der Waals surface area contributed by atoms with Crippen molar-refractivity contribution in [2.75, 3.05) is 20.2 Å². The number of nitrogens with zero attached hydrogens (tertiary/aromatic N) is 1. The van der Waals surface area contributed by atoms with Crippen molar-refractivity contribution < 1.29 is 14.3 Å². The number of methoxy groups -OCH3 is 1. The van der Waals surface area contributed by atoms with Gasteiger partial charge in [-0.15, -0.1) is 0 Å². The molecule has 2 amide bonds. The molecule has 2 fully saturated rings. The molecule has 0 bridgehead atoms. The summed E-state index contributed by atoms with van der Waals surface area (Å²) in [5.74, 6) is 0.679. The second-order valence-electron chi connectivity index (χ2n) is 6.79. The third kappa shape index (κ3) is 4.15. The molecule has 1 N–H and O–H groups in total. The lowest BCUT2D eigenvalue weighted by Gasteiger charge is -2.31. The van der Waals surface area contributed by atoms with Gasteiger partial charge in [0.05, 0.1) is 6.61 Å². The molecule has 3 rings (SSSR count). The van der Waals surface area contributed by atoms with Crippen LogP contribution in [-0.2, 0) is 27.5 Å². The Morgan fingerprint density at radius 3 is 2.38 bits per heavy atom. The summed E-state index contributed by atoms with van der Waals surface area (Å²) in [6.07, 6.45) is 3.62. The van der Waals surface area contributed by atoms with E-state index in [1.807, 2.05) is 29.2 Å². The third-order valence-corrected chi connectivity index (χ3v) is 4.98. The molecule has 24 heavy (non-hydrogen) atoms. The van der Waals surface area contributed by atoms with Crippen LogP contribution in [0, 0.1) is 11.8 Å². The Balaban J connectivity index is 1.47. The van der Waals surface area contributed by atoms with Crippen LogP contribution in [0.3, 0.4) is 0 Å². The van der Waals surface area contributed by atoms with Crippen LogP contribution >= 0.6 is 0 Å². The fourth-order valence-electron chi connectivity index (χ4n) is 3.30. The Morgan fingerprint density at radius 1 is 1.08 bits per heavy atom. The van der Waals surface area contributed by atoms with Crippen LogP contribution in [0.15, 0.2) is 24.3 Å². The van der Waals surface area contributed by atoms with Gasteiger partial charge in [0.15, 0.2) is 0 Å². The zero-order valence-electron chi connectivity index (χ0n) is 14.3. The van der Waals surface area contributed by atoms with Gasteiger partial charge in [-0.1, -0.05) is 24.3 Å². The van der Waals surface area contributed by atoms with Gasteiger partial charge in [-0.2, -0.15) is 0 Å². The molecule has 1 saturated carbocycles. The highest BCUT2D eigenvalue weighted by Gasteiger charge is 2.35. The molecule has 5 heteroatoms. The van der Waals surface area contributed by atoms with Gasteiger partial charge in [0, 0.05) is 38.6 Å². The predicted molar refractivity (Wildman–Crippen MR) is 91.0 cm³/mol. The number of carbonyl (C=O) groups is 2. The highest BCUT2D eigenvalue weighted by Crippen LogP contribution is 2.32. The summed E-state index contributed by atoms with van der Waals surface area (Å²) in [6, 6.07) is 7.99. The minimum Gasteiger partial charge on any atom is -0.380 e. The van der Waals surface area contributed by atoms with Crippen molar-refractivity contribution in [3.63, 3.8) is 0 Å². The van der Waals surface area contributed by atoms with Crippen molar-refractivity contribution in [3.05, 3.63) is 35.4 Å². The van der Waals surface area contributed by atoms with Gasteiger partial charge in [-0.05, 0) is 36.8 Å². The minimum atomic E-state index is 0.0165. The SMILES string of the molecule is COCc1ccccc1CNC(=O)C1CCN(C(=O)C2CC2)CC1. The van der Waals surface area contributed by atoms with Crippen LogP contribution in [0.5, 0.6) is 0 Å². The Kier molecular flexibility index (Phi) is 5.51. The molecular formula is C19H26N2O3. The van der Waals surface area contributed by atoms with E-state index < -0.39 is 0 Å². The first kappa shape index (κ1) is 17.0. The molecule has 1 aliphatic carbocycles. The standard InChI is InChI=1S/C19H26N2O3/c1-24-13-17-5-3-2-4-16(17)12-20-18(22)14-8-10-21(11-9-14)19(23)15-6-7-15/h2-5,14-15H,6-13H2,1H3,(H,20,22). The zero-order chi connectivity index (χ0) is 16.9. The van der Waals surface area contributed by atoms with E-state index in [0.29, 0.717) is 32.1 Å². The van der Waals surface area contributed by atoms with E-state index in [-0.39, 0.29) is 17.7 Å². The van der Waals surface area contributed by atoms with Crippen LogP contribution in [0.2, 0.25) is 0 Å². The van der Waals surface area contributed by atoms with Crippen molar-refractivity contribution in [1.29, 1.82) is 0 Å². The Bertz CT molecular complexity index is 590. The number of ether oxygens (including phenoxy) is 1. The second kappa shape index (κ2) is 7.79. The zero-order valence-corrected chi connectivity index (χ0v) is 14.3. The number of hydrogen-bond donors (Lipinski definition) is 1. The molecular weight excluding hydrogens is 304 g/mol. The van der Waals surface area contributed by atoms with Gasteiger partial charge in [0.1, 0.15) is 0 Å². The number of carbonyl (C=O) groups excluding carboxylic acids is 2. The molecule has 5 nitrogen and oxygen atoms in total. The summed E-state index contributed by atoms with van der Waals surface area (Å²) in [5, 5.41) is 3.05. The molecule has 1 aliphatic heterocycles. The monoisotopic (exact) mass is 330 g/mol. The molecule has 1 aromatic rings. The van der Waals surface area contributed by atoms with Crippen LogP contribution in [0.4, 0.5) is 0 Å². The summed E-state index contributed by atoms with van der Waals surface area (Å²) >= 11 is 0. The van der Waals surface area contributed by atoms with Gasteiger partial charge < -0.3 is 15.0 Å². The number of hydrogen-bond acceptors (Lipinski definition) is 3. The Morgan fingerprint density at radius 2 is 1.75 bits per heavy atom. The first-order chi connectivity index (χ1) is 11.7. The minimum absolute atomic E-state index is 0.0165. The quantitative estimate of drug-likeness (QED) is 0.869. The largest absolute Gasteiger partial charge is 0.380 e. The van der Waals surface area contributed by atoms with E-state index in [0.717, 1.165) is 36.8 Å².